The molecule has 0 saturated heterocycles. The van der Waals surface area contributed by atoms with E-state index in [1.165, 1.54) is 18.0 Å². The number of aryl methyl sites for hydroxylation is 1. The lowest BCUT2D eigenvalue weighted by atomic mass is 9.86. The van der Waals surface area contributed by atoms with E-state index in [0.717, 1.165) is 43.1 Å². The number of rotatable bonds is 8. The number of nitrogens with one attached hydrogen (secondary N) is 3. The van der Waals surface area contributed by atoms with Crippen LogP contribution in [0.5, 0.6) is 11.6 Å². The van der Waals surface area contributed by atoms with Gasteiger partial charge in [0.05, 0.1) is 36.6 Å². The van der Waals surface area contributed by atoms with Crippen molar-refractivity contribution in [1.82, 2.24) is 20.3 Å². The summed E-state index contributed by atoms with van der Waals surface area (Å²) < 4.78 is 38.8. The molecule has 41 heavy (non-hydrogen) atoms. The number of aromatic nitrogens is 3. The summed E-state index contributed by atoms with van der Waals surface area (Å²) in [5.74, 6) is -0.240. The Kier molecular flexibility index (Phi) is 8.57. The Morgan fingerprint density at radius 1 is 1.07 bits per heavy atom. The average molecular weight is 585 g/mol. The topological polar surface area (TPSA) is 154 Å². The molecule has 1 saturated carbocycles. The Hall–Kier alpha value is -4.13. The van der Waals surface area contributed by atoms with Crippen LogP contribution in [-0.2, 0) is 15.4 Å². The van der Waals surface area contributed by atoms with Gasteiger partial charge >= 0.3 is 6.09 Å². The van der Waals surface area contributed by atoms with Crippen LogP contribution >= 0.6 is 0 Å². The van der Waals surface area contributed by atoms with Gasteiger partial charge in [-0.1, -0.05) is 50.0 Å². The second-order valence-electron chi connectivity index (χ2n) is 11.2. The smallest absolute Gasteiger partial charge is 0.414 e. The van der Waals surface area contributed by atoms with Gasteiger partial charge in [0.25, 0.3) is 11.8 Å². The van der Waals surface area contributed by atoms with Gasteiger partial charge in [0, 0.05) is 11.6 Å². The lowest BCUT2D eigenvalue weighted by molar-refractivity contribution is 0.102. The summed E-state index contributed by atoms with van der Waals surface area (Å²) in [6.45, 7) is 7.78. The quantitative estimate of drug-likeness (QED) is 0.349. The molecule has 0 aliphatic heterocycles. The van der Waals surface area contributed by atoms with Crippen LogP contribution in [0.4, 0.5) is 16.2 Å². The molecule has 2 amide bonds. The number of carbonyl (C=O) groups is 2. The first-order chi connectivity index (χ1) is 19.2. The van der Waals surface area contributed by atoms with Crippen molar-refractivity contribution in [2.24, 2.45) is 0 Å². The van der Waals surface area contributed by atoms with Crippen molar-refractivity contribution < 1.29 is 27.5 Å². The van der Waals surface area contributed by atoms with E-state index in [-0.39, 0.29) is 28.8 Å². The number of carbonyl (C=O) groups excluding carboxylic acids is 2. The lowest BCUT2D eigenvalue weighted by Crippen LogP contribution is -2.34. The number of methoxy groups -OCH3 is 1. The predicted octanol–water partition coefficient (Wildman–Crippen LogP) is 4.54. The van der Waals surface area contributed by atoms with Crippen molar-refractivity contribution >= 4 is 33.4 Å². The number of nitrogens with zero attached hydrogens (tertiary/aromatic N) is 3. The van der Waals surface area contributed by atoms with Gasteiger partial charge in [-0.15, -0.1) is 0 Å². The fourth-order valence-electron chi connectivity index (χ4n) is 4.62. The van der Waals surface area contributed by atoms with Crippen LogP contribution in [0.1, 0.15) is 67.9 Å². The minimum absolute atomic E-state index is 0.0318. The zero-order valence-electron chi connectivity index (χ0n) is 24.1. The van der Waals surface area contributed by atoms with Crippen LogP contribution in [0, 0.1) is 6.92 Å². The summed E-state index contributed by atoms with van der Waals surface area (Å²) in [7, 11) is -2.22. The highest BCUT2D eigenvalue weighted by Crippen LogP contribution is 2.39. The van der Waals surface area contributed by atoms with E-state index in [2.05, 4.69) is 25.7 Å². The van der Waals surface area contributed by atoms with Crippen LogP contribution < -0.4 is 24.8 Å². The maximum absolute atomic E-state index is 13.4. The third kappa shape index (κ3) is 7.54. The molecule has 1 aliphatic carbocycles. The molecule has 2 aromatic carbocycles. The standard InChI is InChI=1S/C28H36N6O6S/c1-17-11-12-18(13-23(17)34-16-24(31-33-34)40-27(36)29-20-9-7-8-10-20)26(35)30-21-14-19(28(2,3)4)15-22(25(21)39-5)32-41(6,37)38/h11-16,20,32H,7-10H2,1-6H3,(H,29,36)(H,30,35). The van der Waals surface area contributed by atoms with E-state index in [1.807, 2.05) is 27.7 Å². The third-order valence-electron chi connectivity index (χ3n) is 6.77. The van der Waals surface area contributed by atoms with Crippen molar-refractivity contribution in [2.75, 3.05) is 23.4 Å². The molecule has 0 spiro atoms. The van der Waals surface area contributed by atoms with Crippen molar-refractivity contribution in [1.29, 1.82) is 0 Å². The van der Waals surface area contributed by atoms with Gasteiger partial charge in [0.1, 0.15) is 0 Å². The summed E-state index contributed by atoms with van der Waals surface area (Å²) >= 11 is 0. The van der Waals surface area contributed by atoms with Crippen LogP contribution in [0.15, 0.2) is 36.5 Å². The third-order valence-corrected chi connectivity index (χ3v) is 7.36. The van der Waals surface area contributed by atoms with E-state index in [0.29, 0.717) is 16.9 Å². The molecule has 1 fully saturated rings. The normalized spacial score (nSPS) is 14.0. The SMILES string of the molecule is COc1c(NC(=O)c2ccc(C)c(-n3cc(OC(=O)NC4CCCC4)nn3)c2)cc(C(C)(C)C)cc1NS(C)(=O)=O. The summed E-state index contributed by atoms with van der Waals surface area (Å²) in [5.41, 5.74) is 2.64. The first kappa shape index (κ1) is 29.8. The molecule has 3 N–H and O–H groups in total. The fraction of sp³-hybridized carbons (Fsp3) is 0.429. The highest BCUT2D eigenvalue weighted by Gasteiger charge is 2.23. The molecule has 1 aliphatic rings. The van der Waals surface area contributed by atoms with Gasteiger partial charge in [0.15, 0.2) is 5.75 Å². The summed E-state index contributed by atoms with van der Waals surface area (Å²) in [5, 5.41) is 13.7. The Morgan fingerprint density at radius 3 is 2.39 bits per heavy atom. The summed E-state index contributed by atoms with van der Waals surface area (Å²) in [6.07, 6.45) is 5.96. The first-order valence-corrected chi connectivity index (χ1v) is 15.2. The minimum Gasteiger partial charge on any atom is -0.492 e. The Morgan fingerprint density at radius 2 is 1.76 bits per heavy atom. The largest absolute Gasteiger partial charge is 0.492 e. The Balaban J connectivity index is 1.59. The number of hydrogen-bond donors (Lipinski definition) is 3. The van der Waals surface area contributed by atoms with Crippen LogP contribution in [0.25, 0.3) is 5.69 Å². The molecule has 0 radical (unpaired) electrons. The van der Waals surface area contributed by atoms with Crippen LogP contribution in [0.2, 0.25) is 0 Å². The molecule has 0 atom stereocenters. The zero-order chi connectivity index (χ0) is 29.9. The number of ether oxygens (including phenoxy) is 2. The van der Waals surface area contributed by atoms with Crippen molar-refractivity contribution in [3.63, 3.8) is 0 Å². The molecule has 12 nitrogen and oxygen atoms in total. The first-order valence-electron chi connectivity index (χ1n) is 13.3. The molecule has 0 bridgehead atoms. The number of sulfonamides is 1. The predicted molar refractivity (Wildman–Crippen MR) is 156 cm³/mol. The molecule has 220 valence electrons. The average Bonchev–Trinajstić information content (AvgIpc) is 3.55. The van der Waals surface area contributed by atoms with Crippen molar-refractivity contribution in [3.8, 4) is 17.3 Å². The number of anilines is 2. The number of hydrogen-bond acceptors (Lipinski definition) is 8. The summed E-state index contributed by atoms with van der Waals surface area (Å²) in [6, 6.07) is 8.62. The molecular formula is C28H36N6O6S. The van der Waals surface area contributed by atoms with E-state index < -0.39 is 22.0 Å². The second-order valence-corrected chi connectivity index (χ2v) is 12.9. The number of benzene rings is 2. The van der Waals surface area contributed by atoms with Gasteiger partial charge in [-0.2, -0.15) is 0 Å². The minimum atomic E-state index is -3.62. The fourth-order valence-corrected chi connectivity index (χ4v) is 5.17. The molecule has 4 rings (SSSR count). The highest BCUT2D eigenvalue weighted by molar-refractivity contribution is 7.92. The van der Waals surface area contributed by atoms with Gasteiger partial charge in [0.2, 0.25) is 10.0 Å². The van der Waals surface area contributed by atoms with Gasteiger partial charge in [-0.25, -0.2) is 17.9 Å². The van der Waals surface area contributed by atoms with Gasteiger partial charge < -0.3 is 20.1 Å². The van der Waals surface area contributed by atoms with Crippen LogP contribution in [0.3, 0.4) is 0 Å². The second kappa shape index (κ2) is 11.8. The van der Waals surface area contributed by atoms with Gasteiger partial charge in [-0.05, 0) is 60.6 Å². The van der Waals surface area contributed by atoms with Crippen LogP contribution in [-0.4, -0.2) is 54.8 Å². The molecule has 1 heterocycles. The van der Waals surface area contributed by atoms with E-state index in [1.54, 1.807) is 30.3 Å². The van der Waals surface area contributed by atoms with E-state index in [9.17, 15) is 18.0 Å². The Labute approximate surface area is 239 Å². The molecular weight excluding hydrogens is 548 g/mol. The van der Waals surface area contributed by atoms with E-state index >= 15 is 0 Å². The Bertz CT molecular complexity index is 1550. The zero-order valence-corrected chi connectivity index (χ0v) is 24.9. The molecule has 3 aromatic rings. The van der Waals surface area contributed by atoms with Gasteiger partial charge in [-0.3, -0.25) is 9.52 Å². The highest BCUT2D eigenvalue weighted by atomic mass is 32.2. The molecule has 13 heteroatoms. The molecule has 1 aromatic heterocycles. The molecule has 0 unspecified atom stereocenters. The lowest BCUT2D eigenvalue weighted by Gasteiger charge is -2.24. The maximum atomic E-state index is 13.4. The van der Waals surface area contributed by atoms with E-state index in [4.69, 9.17) is 9.47 Å². The van der Waals surface area contributed by atoms with Crippen molar-refractivity contribution in [2.45, 2.75) is 64.8 Å². The van der Waals surface area contributed by atoms with Crippen molar-refractivity contribution in [3.05, 3.63) is 53.2 Å². The monoisotopic (exact) mass is 584 g/mol. The maximum Gasteiger partial charge on any atom is 0.414 e. The summed E-state index contributed by atoms with van der Waals surface area (Å²) in [4.78, 5) is 25.6. The number of amides is 2.